The molecule has 118 valence electrons. The SMILES string of the molecule is Fc1ccccc1-c1cc(NCc2cccnc2)n2nccc2n1. The molecule has 1 N–H and O–H groups in total. The summed E-state index contributed by atoms with van der Waals surface area (Å²) in [5.41, 5.74) is 2.73. The van der Waals surface area contributed by atoms with E-state index in [1.54, 1.807) is 53.4 Å². The molecular weight excluding hydrogens is 305 g/mol. The van der Waals surface area contributed by atoms with Crippen molar-refractivity contribution >= 4 is 11.5 Å². The number of halogens is 1. The number of fused-ring (bicyclic) bond motifs is 1. The van der Waals surface area contributed by atoms with Crippen molar-refractivity contribution in [2.24, 2.45) is 0 Å². The average Bonchev–Trinajstić information content (AvgIpc) is 3.09. The normalized spacial score (nSPS) is 10.9. The van der Waals surface area contributed by atoms with Crippen LogP contribution in [0.25, 0.3) is 16.9 Å². The van der Waals surface area contributed by atoms with Crippen LogP contribution in [0, 0.1) is 5.82 Å². The van der Waals surface area contributed by atoms with Crippen molar-refractivity contribution in [2.45, 2.75) is 6.54 Å². The number of aromatic nitrogens is 4. The van der Waals surface area contributed by atoms with Gasteiger partial charge in [0.1, 0.15) is 11.6 Å². The van der Waals surface area contributed by atoms with Crippen molar-refractivity contribution < 1.29 is 4.39 Å². The van der Waals surface area contributed by atoms with Gasteiger partial charge in [-0.1, -0.05) is 18.2 Å². The molecule has 0 bridgehead atoms. The van der Waals surface area contributed by atoms with Crippen LogP contribution in [0.15, 0.2) is 67.1 Å². The van der Waals surface area contributed by atoms with Crippen LogP contribution in [0.3, 0.4) is 0 Å². The first-order valence-corrected chi connectivity index (χ1v) is 7.54. The van der Waals surface area contributed by atoms with Gasteiger partial charge in [0.25, 0.3) is 0 Å². The summed E-state index contributed by atoms with van der Waals surface area (Å²) in [5, 5.41) is 7.59. The van der Waals surface area contributed by atoms with Crippen LogP contribution in [0.4, 0.5) is 10.2 Å². The maximum absolute atomic E-state index is 14.1. The first-order chi connectivity index (χ1) is 11.8. The van der Waals surface area contributed by atoms with Gasteiger partial charge in [0.15, 0.2) is 5.65 Å². The van der Waals surface area contributed by atoms with Gasteiger partial charge < -0.3 is 5.32 Å². The Balaban J connectivity index is 1.74. The van der Waals surface area contributed by atoms with Crippen LogP contribution in [-0.4, -0.2) is 19.6 Å². The number of hydrogen-bond donors (Lipinski definition) is 1. The Bertz CT molecular complexity index is 981. The molecule has 0 atom stereocenters. The van der Waals surface area contributed by atoms with E-state index < -0.39 is 0 Å². The quantitative estimate of drug-likeness (QED) is 0.625. The molecule has 1 aromatic carbocycles. The predicted octanol–water partition coefficient (Wildman–Crippen LogP) is 3.54. The van der Waals surface area contributed by atoms with Gasteiger partial charge in [0, 0.05) is 36.6 Å². The second-order valence-corrected chi connectivity index (χ2v) is 5.32. The molecule has 3 heterocycles. The minimum Gasteiger partial charge on any atom is -0.366 e. The molecule has 0 fully saturated rings. The molecule has 0 radical (unpaired) electrons. The van der Waals surface area contributed by atoms with E-state index in [1.165, 1.54) is 6.07 Å². The lowest BCUT2D eigenvalue weighted by molar-refractivity contribution is 0.630. The molecule has 0 unspecified atom stereocenters. The van der Waals surface area contributed by atoms with Crippen LogP contribution < -0.4 is 5.32 Å². The topological polar surface area (TPSA) is 55.1 Å². The Labute approximate surface area is 137 Å². The van der Waals surface area contributed by atoms with E-state index in [1.807, 2.05) is 12.1 Å². The molecule has 5 nitrogen and oxygen atoms in total. The Morgan fingerprint density at radius 3 is 2.79 bits per heavy atom. The molecule has 4 aromatic rings. The van der Waals surface area contributed by atoms with Crippen LogP contribution in [-0.2, 0) is 6.54 Å². The lowest BCUT2D eigenvalue weighted by atomic mass is 10.1. The minimum absolute atomic E-state index is 0.299. The number of hydrogen-bond acceptors (Lipinski definition) is 4. The fraction of sp³-hybridized carbons (Fsp3) is 0.0556. The lowest BCUT2D eigenvalue weighted by Gasteiger charge is -2.11. The zero-order chi connectivity index (χ0) is 16.4. The Morgan fingerprint density at radius 1 is 1.04 bits per heavy atom. The van der Waals surface area contributed by atoms with Gasteiger partial charge in [-0.25, -0.2) is 9.37 Å². The van der Waals surface area contributed by atoms with Gasteiger partial charge in [0.05, 0.1) is 11.9 Å². The molecule has 3 aromatic heterocycles. The summed E-state index contributed by atoms with van der Waals surface area (Å²) in [7, 11) is 0. The third-order valence-electron chi connectivity index (χ3n) is 3.71. The summed E-state index contributed by atoms with van der Waals surface area (Å²) in [6.07, 6.45) is 5.20. The molecule has 0 spiro atoms. The summed E-state index contributed by atoms with van der Waals surface area (Å²) in [6.45, 7) is 0.587. The highest BCUT2D eigenvalue weighted by Crippen LogP contribution is 2.24. The molecule has 0 aliphatic rings. The standard InChI is InChI=1S/C18H14FN5/c19-15-6-2-1-5-14(15)16-10-18(24-17(23-16)7-9-22-24)21-12-13-4-3-8-20-11-13/h1-11,21H,12H2. The van der Waals surface area contributed by atoms with Crippen molar-refractivity contribution in [1.29, 1.82) is 0 Å². The van der Waals surface area contributed by atoms with Gasteiger partial charge in [0.2, 0.25) is 0 Å². The highest BCUT2D eigenvalue weighted by Gasteiger charge is 2.11. The molecule has 0 aliphatic carbocycles. The summed E-state index contributed by atoms with van der Waals surface area (Å²) in [6, 6.07) is 14.1. The summed E-state index contributed by atoms with van der Waals surface area (Å²) in [5.74, 6) is 0.444. The maximum Gasteiger partial charge on any atom is 0.157 e. The van der Waals surface area contributed by atoms with Gasteiger partial charge in [-0.05, 0) is 23.8 Å². The molecule has 4 rings (SSSR count). The third kappa shape index (κ3) is 2.69. The number of nitrogens with one attached hydrogen (secondary N) is 1. The average molecular weight is 319 g/mol. The van der Waals surface area contributed by atoms with Crippen LogP contribution in [0.1, 0.15) is 5.56 Å². The van der Waals surface area contributed by atoms with Crippen molar-refractivity contribution in [3.63, 3.8) is 0 Å². The highest BCUT2D eigenvalue weighted by atomic mass is 19.1. The summed E-state index contributed by atoms with van der Waals surface area (Å²) in [4.78, 5) is 8.59. The molecule has 24 heavy (non-hydrogen) atoms. The largest absolute Gasteiger partial charge is 0.366 e. The van der Waals surface area contributed by atoms with E-state index in [4.69, 9.17) is 0 Å². The fourth-order valence-corrected chi connectivity index (χ4v) is 2.54. The van der Waals surface area contributed by atoms with E-state index in [0.29, 0.717) is 23.4 Å². The number of rotatable bonds is 4. The van der Waals surface area contributed by atoms with Crippen molar-refractivity contribution in [3.05, 3.63) is 78.5 Å². The predicted molar refractivity (Wildman–Crippen MR) is 89.9 cm³/mol. The van der Waals surface area contributed by atoms with Crippen LogP contribution in [0.2, 0.25) is 0 Å². The number of nitrogens with zero attached hydrogens (tertiary/aromatic N) is 4. The van der Waals surface area contributed by atoms with E-state index in [2.05, 4.69) is 20.4 Å². The fourth-order valence-electron chi connectivity index (χ4n) is 2.54. The number of benzene rings is 1. The first-order valence-electron chi connectivity index (χ1n) is 7.54. The Morgan fingerprint density at radius 2 is 1.96 bits per heavy atom. The van der Waals surface area contributed by atoms with Gasteiger partial charge in [-0.15, -0.1) is 0 Å². The number of anilines is 1. The highest BCUT2D eigenvalue weighted by molar-refractivity contribution is 5.66. The van der Waals surface area contributed by atoms with Gasteiger partial charge in [-0.2, -0.15) is 9.61 Å². The van der Waals surface area contributed by atoms with E-state index in [-0.39, 0.29) is 5.82 Å². The van der Waals surface area contributed by atoms with E-state index in [0.717, 1.165) is 11.4 Å². The van der Waals surface area contributed by atoms with Crippen LogP contribution >= 0.6 is 0 Å². The monoisotopic (exact) mass is 319 g/mol. The second kappa shape index (κ2) is 6.08. The van der Waals surface area contributed by atoms with Crippen molar-refractivity contribution in [1.82, 2.24) is 19.6 Å². The van der Waals surface area contributed by atoms with Crippen molar-refractivity contribution in [3.8, 4) is 11.3 Å². The smallest absolute Gasteiger partial charge is 0.157 e. The second-order valence-electron chi connectivity index (χ2n) is 5.32. The first kappa shape index (κ1) is 14.3. The van der Waals surface area contributed by atoms with Gasteiger partial charge in [-0.3, -0.25) is 4.98 Å². The molecule has 0 aliphatic heterocycles. The lowest BCUT2D eigenvalue weighted by Crippen LogP contribution is -2.07. The maximum atomic E-state index is 14.1. The minimum atomic E-state index is -0.299. The van der Waals surface area contributed by atoms with Crippen molar-refractivity contribution in [2.75, 3.05) is 5.32 Å². The number of pyridine rings is 1. The Hall–Kier alpha value is -3.28. The molecular formula is C18H14FN5. The molecule has 0 amide bonds. The molecule has 0 saturated carbocycles. The zero-order valence-corrected chi connectivity index (χ0v) is 12.7. The zero-order valence-electron chi connectivity index (χ0n) is 12.7. The van der Waals surface area contributed by atoms with Gasteiger partial charge >= 0.3 is 0 Å². The summed E-state index contributed by atoms with van der Waals surface area (Å²) >= 11 is 0. The van der Waals surface area contributed by atoms with Crippen LogP contribution in [0.5, 0.6) is 0 Å². The molecule has 6 heteroatoms. The Kier molecular flexibility index (Phi) is 3.63. The third-order valence-corrected chi connectivity index (χ3v) is 3.71. The van der Waals surface area contributed by atoms with E-state index in [9.17, 15) is 4.39 Å². The summed E-state index contributed by atoms with van der Waals surface area (Å²) < 4.78 is 15.8. The van der Waals surface area contributed by atoms with E-state index >= 15 is 0 Å². The molecule has 0 saturated heterocycles.